The quantitative estimate of drug-likeness (QED) is 0.153. The van der Waals surface area contributed by atoms with Gasteiger partial charge in [0.1, 0.15) is 12.4 Å². The van der Waals surface area contributed by atoms with Crippen molar-refractivity contribution in [2.24, 2.45) is 0 Å². The molecule has 0 unspecified atom stereocenters. The van der Waals surface area contributed by atoms with Crippen LogP contribution in [0.25, 0.3) is 0 Å². The molecule has 1 amide bonds. The molecule has 5 aromatic carbocycles. The highest BCUT2D eigenvalue weighted by molar-refractivity contribution is 6.10. The van der Waals surface area contributed by atoms with E-state index in [0.717, 1.165) is 49.6 Å². The summed E-state index contributed by atoms with van der Waals surface area (Å²) in [7, 11) is 0. The van der Waals surface area contributed by atoms with Crippen LogP contribution in [0.3, 0.4) is 0 Å². The Morgan fingerprint density at radius 3 is 1.51 bits per heavy atom. The summed E-state index contributed by atoms with van der Waals surface area (Å²) >= 11 is 0. The van der Waals surface area contributed by atoms with Gasteiger partial charge in [-0.25, -0.2) is 0 Å². The maximum Gasteiger partial charge on any atom is 0.262 e. The van der Waals surface area contributed by atoms with Gasteiger partial charge in [-0.1, -0.05) is 97.1 Å². The number of hydrogen-bond acceptors (Lipinski definition) is 3. The first kappa shape index (κ1) is 27.9. The highest BCUT2D eigenvalue weighted by atomic mass is 16.5. The molecule has 0 saturated heterocycles. The second-order valence-electron chi connectivity index (χ2n) is 10.00. The molecule has 0 saturated carbocycles. The van der Waals surface area contributed by atoms with Gasteiger partial charge in [0, 0.05) is 36.6 Å². The van der Waals surface area contributed by atoms with E-state index >= 15 is 0 Å². The van der Waals surface area contributed by atoms with Crippen molar-refractivity contribution in [3.8, 4) is 5.75 Å². The van der Waals surface area contributed by atoms with Crippen molar-refractivity contribution in [3.05, 3.63) is 162 Å². The highest BCUT2D eigenvalue weighted by Crippen LogP contribution is 2.29. The molecular weight excluding hydrogens is 504 g/mol. The zero-order chi connectivity index (χ0) is 28.1. The number of hydrogen-bond donors (Lipinski definition) is 0. The van der Waals surface area contributed by atoms with Crippen LogP contribution in [0.5, 0.6) is 5.75 Å². The zero-order valence-electron chi connectivity index (χ0n) is 23.3. The second kappa shape index (κ2) is 14.6. The fraction of sp³-hybridized carbons (Fsp3) is 0.162. The molecule has 4 nitrogen and oxygen atoms in total. The molecule has 5 rings (SSSR count). The van der Waals surface area contributed by atoms with Crippen molar-refractivity contribution in [1.29, 1.82) is 0 Å². The minimum absolute atomic E-state index is 0.0713. The van der Waals surface area contributed by atoms with E-state index in [0.29, 0.717) is 12.2 Å². The Morgan fingerprint density at radius 2 is 0.976 bits per heavy atom. The van der Waals surface area contributed by atoms with Crippen LogP contribution in [0.1, 0.15) is 21.5 Å². The molecule has 0 aromatic heterocycles. The van der Waals surface area contributed by atoms with Crippen LogP contribution in [0, 0.1) is 0 Å². The van der Waals surface area contributed by atoms with Crippen LogP contribution in [0.2, 0.25) is 0 Å². The molecule has 0 atom stereocenters. The minimum atomic E-state index is -0.0713. The maximum absolute atomic E-state index is 13.5. The summed E-state index contributed by atoms with van der Waals surface area (Å²) in [5.74, 6) is 0.720. The summed E-state index contributed by atoms with van der Waals surface area (Å²) in [5.41, 5.74) is 4.96. The fourth-order valence-corrected chi connectivity index (χ4v) is 4.85. The Kier molecular flexibility index (Phi) is 9.96. The molecule has 0 bridgehead atoms. The number of nitrogens with zero attached hydrogens (tertiary/aromatic N) is 2. The van der Waals surface area contributed by atoms with E-state index in [4.69, 9.17) is 4.74 Å². The maximum atomic E-state index is 13.5. The smallest absolute Gasteiger partial charge is 0.262 e. The van der Waals surface area contributed by atoms with Gasteiger partial charge in [-0.05, 0) is 72.5 Å². The normalized spacial score (nSPS) is 10.9. The van der Waals surface area contributed by atoms with Gasteiger partial charge in [-0.3, -0.25) is 14.6 Å². The van der Waals surface area contributed by atoms with Gasteiger partial charge >= 0.3 is 0 Å². The lowest BCUT2D eigenvalue weighted by molar-refractivity contribution is 0.0999. The molecule has 4 heteroatoms. The van der Waals surface area contributed by atoms with Gasteiger partial charge < -0.3 is 4.74 Å². The first-order valence-corrected chi connectivity index (χ1v) is 14.2. The first-order valence-electron chi connectivity index (χ1n) is 14.2. The summed E-state index contributed by atoms with van der Waals surface area (Å²) < 4.78 is 6.18. The van der Waals surface area contributed by atoms with E-state index in [1.165, 1.54) is 11.1 Å². The van der Waals surface area contributed by atoms with Crippen LogP contribution in [-0.4, -0.2) is 37.0 Å². The molecule has 0 N–H and O–H groups in total. The van der Waals surface area contributed by atoms with Crippen molar-refractivity contribution >= 4 is 17.3 Å². The molecule has 206 valence electrons. The van der Waals surface area contributed by atoms with Crippen molar-refractivity contribution in [3.63, 3.8) is 0 Å². The Hall–Kier alpha value is -4.67. The van der Waals surface area contributed by atoms with Gasteiger partial charge in [-0.15, -0.1) is 0 Å². The van der Waals surface area contributed by atoms with Crippen LogP contribution in [0.15, 0.2) is 146 Å². The van der Waals surface area contributed by atoms with Crippen LogP contribution in [-0.2, 0) is 12.8 Å². The SMILES string of the molecule is O=C(c1ccccc1)N(c1ccccc1)c1ccc(OCCN(CCc2ccccc2)CCc2ccccc2)cc1. The average Bonchev–Trinajstić information content (AvgIpc) is 3.05. The summed E-state index contributed by atoms with van der Waals surface area (Å²) in [6.45, 7) is 3.39. The highest BCUT2D eigenvalue weighted by Gasteiger charge is 2.19. The number of carbonyl (C=O) groups excluding carboxylic acids is 1. The third-order valence-corrected chi connectivity index (χ3v) is 7.13. The predicted molar refractivity (Wildman–Crippen MR) is 168 cm³/mol. The Morgan fingerprint density at radius 1 is 0.512 bits per heavy atom. The Bertz CT molecular complexity index is 1410. The summed E-state index contributed by atoms with van der Waals surface area (Å²) in [6, 6.07) is 48.2. The molecule has 0 spiro atoms. The van der Waals surface area contributed by atoms with Crippen LogP contribution in [0.4, 0.5) is 11.4 Å². The molecule has 0 aliphatic carbocycles. The standard InChI is InChI=1S/C37H36N2O2/c40-37(33-17-9-3-10-18-33)39(34-19-11-4-12-20-34)35-21-23-36(24-22-35)41-30-29-38(27-25-31-13-5-1-6-14-31)28-26-32-15-7-2-8-16-32/h1-24H,25-30H2. The van der Waals surface area contributed by atoms with Gasteiger partial charge in [-0.2, -0.15) is 0 Å². The summed E-state index contributed by atoms with van der Waals surface area (Å²) in [4.78, 5) is 17.7. The van der Waals surface area contributed by atoms with E-state index in [1.807, 2.05) is 84.9 Å². The van der Waals surface area contributed by atoms with Crippen molar-refractivity contribution < 1.29 is 9.53 Å². The summed E-state index contributed by atoms with van der Waals surface area (Å²) in [5, 5.41) is 0. The number of para-hydroxylation sites is 1. The molecule has 0 aliphatic rings. The lowest BCUT2D eigenvalue weighted by Crippen LogP contribution is -2.32. The molecule has 0 aliphatic heterocycles. The van der Waals surface area contributed by atoms with Crippen molar-refractivity contribution in [2.75, 3.05) is 31.1 Å². The van der Waals surface area contributed by atoms with Crippen molar-refractivity contribution in [2.45, 2.75) is 12.8 Å². The molecule has 0 fully saturated rings. The largest absolute Gasteiger partial charge is 0.492 e. The predicted octanol–water partition coefficient (Wildman–Crippen LogP) is 7.83. The molecule has 0 radical (unpaired) electrons. The molecule has 5 aromatic rings. The fourth-order valence-electron chi connectivity index (χ4n) is 4.85. The zero-order valence-corrected chi connectivity index (χ0v) is 23.3. The molecular formula is C37H36N2O2. The third kappa shape index (κ3) is 8.17. The Balaban J connectivity index is 1.22. The average molecular weight is 541 g/mol. The van der Waals surface area contributed by atoms with Gasteiger partial charge in [0.25, 0.3) is 5.91 Å². The van der Waals surface area contributed by atoms with E-state index < -0.39 is 0 Å². The summed E-state index contributed by atoms with van der Waals surface area (Å²) in [6.07, 6.45) is 2.02. The van der Waals surface area contributed by atoms with Crippen LogP contribution < -0.4 is 9.64 Å². The van der Waals surface area contributed by atoms with Gasteiger partial charge in [0.05, 0.1) is 0 Å². The van der Waals surface area contributed by atoms with Gasteiger partial charge in [0.2, 0.25) is 0 Å². The monoisotopic (exact) mass is 540 g/mol. The molecule has 0 heterocycles. The number of rotatable bonds is 13. The number of benzene rings is 5. The number of amides is 1. The number of ether oxygens (including phenoxy) is 1. The van der Waals surface area contributed by atoms with Gasteiger partial charge in [0.15, 0.2) is 0 Å². The second-order valence-corrected chi connectivity index (χ2v) is 10.00. The van der Waals surface area contributed by atoms with Crippen LogP contribution >= 0.6 is 0 Å². The van der Waals surface area contributed by atoms with E-state index in [2.05, 4.69) is 65.6 Å². The van der Waals surface area contributed by atoms with E-state index in [9.17, 15) is 4.79 Å². The lowest BCUT2D eigenvalue weighted by Gasteiger charge is -2.24. The van der Waals surface area contributed by atoms with E-state index in [-0.39, 0.29) is 5.91 Å². The first-order chi connectivity index (χ1) is 20.3. The molecule has 41 heavy (non-hydrogen) atoms. The third-order valence-electron chi connectivity index (χ3n) is 7.13. The lowest BCUT2D eigenvalue weighted by atomic mass is 10.1. The van der Waals surface area contributed by atoms with E-state index in [1.54, 1.807) is 4.90 Å². The number of anilines is 2. The number of carbonyl (C=O) groups is 1. The Labute approximate surface area is 243 Å². The minimum Gasteiger partial charge on any atom is -0.492 e. The topological polar surface area (TPSA) is 32.8 Å². The van der Waals surface area contributed by atoms with Crippen molar-refractivity contribution in [1.82, 2.24) is 4.90 Å².